The second kappa shape index (κ2) is 4.99. The number of hydrogen-bond acceptors (Lipinski definition) is 2. The number of nitrogens with zero attached hydrogens (tertiary/aromatic N) is 2. The van der Waals surface area contributed by atoms with Crippen molar-refractivity contribution in [2.24, 2.45) is 5.73 Å². The molecule has 1 aromatic heterocycles. The third-order valence-electron chi connectivity index (χ3n) is 4.26. The molecule has 1 saturated carbocycles. The average molecular weight is 276 g/mol. The molecule has 3 nitrogen and oxygen atoms in total. The molecule has 1 aliphatic rings. The summed E-state index contributed by atoms with van der Waals surface area (Å²) < 4.78 is 1.79. The summed E-state index contributed by atoms with van der Waals surface area (Å²) >= 11 is 6.42. The van der Waals surface area contributed by atoms with Crippen LogP contribution in [0.2, 0.25) is 5.02 Å². The van der Waals surface area contributed by atoms with Crippen molar-refractivity contribution in [1.29, 1.82) is 0 Å². The molecule has 2 N–H and O–H groups in total. The molecule has 0 unspecified atom stereocenters. The fraction of sp³-hybridized carbons (Fsp3) is 0.400. The molecule has 0 bridgehead atoms. The summed E-state index contributed by atoms with van der Waals surface area (Å²) in [5.74, 6) is 0. The highest BCUT2D eigenvalue weighted by molar-refractivity contribution is 6.32. The van der Waals surface area contributed by atoms with Crippen LogP contribution in [0.1, 0.15) is 31.2 Å². The van der Waals surface area contributed by atoms with Gasteiger partial charge >= 0.3 is 0 Å². The van der Waals surface area contributed by atoms with Crippen LogP contribution in [0.3, 0.4) is 0 Å². The van der Waals surface area contributed by atoms with Gasteiger partial charge in [-0.2, -0.15) is 5.10 Å². The number of hydrogen-bond donors (Lipinski definition) is 1. The predicted octanol–water partition coefficient (Wildman–Crippen LogP) is 3.30. The summed E-state index contributed by atoms with van der Waals surface area (Å²) in [5, 5.41) is 4.96. The second-order valence-electron chi connectivity index (χ2n) is 5.31. The van der Waals surface area contributed by atoms with Crippen molar-refractivity contribution in [2.45, 2.75) is 31.1 Å². The van der Waals surface area contributed by atoms with Gasteiger partial charge in [0.05, 0.1) is 10.7 Å². The maximum Gasteiger partial charge on any atom is 0.0831 e. The van der Waals surface area contributed by atoms with Crippen LogP contribution >= 0.6 is 11.6 Å². The minimum Gasteiger partial charge on any atom is -0.330 e. The van der Waals surface area contributed by atoms with Gasteiger partial charge in [0.15, 0.2) is 0 Å². The van der Waals surface area contributed by atoms with Gasteiger partial charge in [-0.1, -0.05) is 30.5 Å². The van der Waals surface area contributed by atoms with E-state index >= 15 is 0 Å². The van der Waals surface area contributed by atoms with Gasteiger partial charge in [0.25, 0.3) is 0 Å². The summed E-state index contributed by atoms with van der Waals surface area (Å²) in [5.41, 5.74) is 8.34. The molecule has 3 rings (SSSR count). The van der Waals surface area contributed by atoms with Gasteiger partial charge in [-0.05, 0) is 36.6 Å². The van der Waals surface area contributed by atoms with Gasteiger partial charge in [0.1, 0.15) is 0 Å². The van der Waals surface area contributed by atoms with Crippen molar-refractivity contribution in [2.75, 3.05) is 6.54 Å². The fourth-order valence-corrected chi connectivity index (χ4v) is 3.36. The van der Waals surface area contributed by atoms with Crippen LogP contribution in [-0.2, 0) is 5.41 Å². The van der Waals surface area contributed by atoms with E-state index in [2.05, 4.69) is 17.2 Å². The Kier molecular flexibility index (Phi) is 3.33. The first kappa shape index (κ1) is 12.7. The molecule has 2 aromatic rings. The molecule has 0 spiro atoms. The summed E-state index contributed by atoms with van der Waals surface area (Å²) in [6.45, 7) is 0.699. The Morgan fingerprint density at radius 2 is 2.11 bits per heavy atom. The number of benzene rings is 1. The minimum atomic E-state index is 0.131. The highest BCUT2D eigenvalue weighted by Crippen LogP contribution is 2.41. The molecule has 100 valence electrons. The number of rotatable bonds is 3. The lowest BCUT2D eigenvalue weighted by atomic mass is 9.79. The lowest BCUT2D eigenvalue weighted by Gasteiger charge is -2.28. The highest BCUT2D eigenvalue weighted by atomic mass is 35.5. The van der Waals surface area contributed by atoms with Gasteiger partial charge in [0, 0.05) is 24.4 Å². The Morgan fingerprint density at radius 1 is 1.32 bits per heavy atom. The van der Waals surface area contributed by atoms with Crippen molar-refractivity contribution in [1.82, 2.24) is 9.78 Å². The molecule has 0 saturated heterocycles. The number of aromatic nitrogens is 2. The zero-order valence-electron chi connectivity index (χ0n) is 10.8. The third kappa shape index (κ3) is 2.17. The van der Waals surface area contributed by atoms with Crippen molar-refractivity contribution in [3.8, 4) is 5.69 Å². The van der Waals surface area contributed by atoms with Crippen LogP contribution in [-0.4, -0.2) is 16.3 Å². The predicted molar refractivity (Wildman–Crippen MR) is 77.8 cm³/mol. The van der Waals surface area contributed by atoms with Gasteiger partial charge in [0.2, 0.25) is 0 Å². The third-order valence-corrected chi connectivity index (χ3v) is 4.57. The molecule has 0 amide bonds. The molecule has 1 aliphatic carbocycles. The van der Waals surface area contributed by atoms with Crippen LogP contribution in [0.15, 0.2) is 36.7 Å². The van der Waals surface area contributed by atoms with E-state index < -0.39 is 0 Å². The smallest absolute Gasteiger partial charge is 0.0831 e. The quantitative estimate of drug-likeness (QED) is 0.934. The largest absolute Gasteiger partial charge is 0.330 e. The molecule has 1 heterocycles. The standard InChI is InChI=1S/C15H18ClN3/c16-13-10-12(15(11-17)6-1-2-7-15)4-5-14(13)19-9-3-8-18-19/h3-5,8-10H,1-2,6-7,11,17H2. The molecule has 0 radical (unpaired) electrons. The number of halogens is 1. The van der Waals surface area contributed by atoms with Gasteiger partial charge in [-0.15, -0.1) is 0 Å². The van der Waals surface area contributed by atoms with Gasteiger partial charge in [-0.25, -0.2) is 4.68 Å². The van der Waals surface area contributed by atoms with Crippen molar-refractivity contribution >= 4 is 11.6 Å². The number of nitrogens with two attached hydrogens (primary N) is 1. The summed E-state index contributed by atoms with van der Waals surface area (Å²) in [6.07, 6.45) is 8.51. The van der Waals surface area contributed by atoms with Crippen molar-refractivity contribution < 1.29 is 0 Å². The molecule has 4 heteroatoms. The second-order valence-corrected chi connectivity index (χ2v) is 5.72. The van der Waals surface area contributed by atoms with Gasteiger partial charge < -0.3 is 5.73 Å². The molecular formula is C15H18ClN3. The topological polar surface area (TPSA) is 43.8 Å². The van der Waals surface area contributed by atoms with Crippen LogP contribution < -0.4 is 5.73 Å². The zero-order valence-corrected chi connectivity index (χ0v) is 11.6. The highest BCUT2D eigenvalue weighted by Gasteiger charge is 2.34. The van der Waals surface area contributed by atoms with E-state index in [9.17, 15) is 0 Å². The molecule has 0 atom stereocenters. The van der Waals surface area contributed by atoms with E-state index in [1.807, 2.05) is 18.3 Å². The molecule has 19 heavy (non-hydrogen) atoms. The normalized spacial score (nSPS) is 17.8. The fourth-order valence-electron chi connectivity index (χ4n) is 3.10. The van der Waals surface area contributed by atoms with Crippen molar-refractivity contribution in [3.63, 3.8) is 0 Å². The van der Waals surface area contributed by atoms with E-state index in [1.54, 1.807) is 10.9 Å². The maximum atomic E-state index is 6.42. The van der Waals surface area contributed by atoms with Crippen LogP contribution in [0.25, 0.3) is 5.69 Å². The summed E-state index contributed by atoms with van der Waals surface area (Å²) in [4.78, 5) is 0. The Morgan fingerprint density at radius 3 is 2.68 bits per heavy atom. The summed E-state index contributed by atoms with van der Waals surface area (Å²) in [7, 11) is 0. The first-order chi connectivity index (χ1) is 9.25. The first-order valence-corrected chi connectivity index (χ1v) is 7.13. The van der Waals surface area contributed by atoms with Crippen LogP contribution in [0.4, 0.5) is 0 Å². The lowest BCUT2D eigenvalue weighted by Crippen LogP contribution is -2.32. The Labute approximate surface area is 118 Å². The lowest BCUT2D eigenvalue weighted by molar-refractivity contribution is 0.453. The Bertz CT molecular complexity index is 557. The SMILES string of the molecule is NCC1(c2ccc(-n3cccn3)c(Cl)c2)CCCC1. The van der Waals surface area contributed by atoms with Gasteiger partial charge in [-0.3, -0.25) is 0 Å². The van der Waals surface area contributed by atoms with Crippen molar-refractivity contribution in [3.05, 3.63) is 47.2 Å². The maximum absolute atomic E-state index is 6.42. The average Bonchev–Trinajstić information content (AvgIpc) is 3.11. The molecule has 0 aliphatic heterocycles. The molecular weight excluding hydrogens is 258 g/mol. The van der Waals surface area contributed by atoms with E-state index in [0.29, 0.717) is 6.54 Å². The summed E-state index contributed by atoms with van der Waals surface area (Å²) in [6, 6.07) is 8.15. The van der Waals surface area contributed by atoms with E-state index in [-0.39, 0.29) is 5.41 Å². The Hall–Kier alpha value is -1.32. The van der Waals surface area contributed by atoms with E-state index in [0.717, 1.165) is 10.7 Å². The Balaban J connectivity index is 2.00. The molecule has 1 fully saturated rings. The van der Waals surface area contributed by atoms with Crippen LogP contribution in [0.5, 0.6) is 0 Å². The van der Waals surface area contributed by atoms with Crippen LogP contribution in [0, 0.1) is 0 Å². The monoisotopic (exact) mass is 275 g/mol. The zero-order chi connectivity index (χ0) is 13.3. The van der Waals surface area contributed by atoms with E-state index in [4.69, 9.17) is 17.3 Å². The first-order valence-electron chi connectivity index (χ1n) is 6.75. The minimum absolute atomic E-state index is 0.131. The van der Waals surface area contributed by atoms with E-state index in [1.165, 1.54) is 31.2 Å². The molecule has 1 aromatic carbocycles.